The second kappa shape index (κ2) is 4.39. The maximum absolute atomic E-state index is 11.7. The third-order valence-corrected chi connectivity index (χ3v) is 3.24. The van der Waals surface area contributed by atoms with Crippen LogP contribution in [0.2, 0.25) is 0 Å². The number of carbonyl (C=O) groups excluding carboxylic acids is 1. The molecule has 0 aromatic heterocycles. The maximum Gasteiger partial charge on any atom is 0.319 e. The number of hydrogen-bond acceptors (Lipinski definition) is 2. The average molecular weight is 211 g/mol. The normalized spacial score (nSPS) is 22.9. The summed E-state index contributed by atoms with van der Waals surface area (Å²) in [6, 6.07) is 0.154. The molecule has 2 rings (SSSR count). The molecule has 0 atom stereocenters. The number of amides is 2. The van der Waals surface area contributed by atoms with Crippen LogP contribution in [0.5, 0.6) is 0 Å². The smallest absolute Gasteiger partial charge is 0.319 e. The number of carbonyl (C=O) groups is 1. The van der Waals surface area contributed by atoms with Gasteiger partial charge in [0.2, 0.25) is 0 Å². The fourth-order valence-corrected chi connectivity index (χ4v) is 2.07. The Balaban J connectivity index is 1.73. The first kappa shape index (κ1) is 10.7. The van der Waals surface area contributed by atoms with E-state index in [4.69, 9.17) is 0 Å². The molecular formula is C11H21N3O. The molecule has 1 aliphatic heterocycles. The largest absolute Gasteiger partial charge is 0.331 e. The van der Waals surface area contributed by atoms with E-state index >= 15 is 0 Å². The highest BCUT2D eigenvalue weighted by atomic mass is 16.2. The van der Waals surface area contributed by atoms with Gasteiger partial charge in [-0.05, 0) is 18.8 Å². The summed E-state index contributed by atoms with van der Waals surface area (Å²) < 4.78 is 0. The van der Waals surface area contributed by atoms with Crippen LogP contribution in [-0.4, -0.2) is 67.5 Å². The molecule has 0 spiro atoms. The lowest BCUT2D eigenvalue weighted by molar-refractivity contribution is 0.121. The zero-order valence-electron chi connectivity index (χ0n) is 9.78. The Labute approximate surface area is 91.8 Å². The summed E-state index contributed by atoms with van der Waals surface area (Å²) in [6.45, 7) is 5.14. The Morgan fingerprint density at radius 1 is 1.20 bits per heavy atom. The summed E-state index contributed by atoms with van der Waals surface area (Å²) in [5.41, 5.74) is 0. The van der Waals surface area contributed by atoms with Gasteiger partial charge in [-0.2, -0.15) is 0 Å². The van der Waals surface area contributed by atoms with E-state index in [1.165, 1.54) is 19.4 Å². The first-order chi connectivity index (χ1) is 7.16. The lowest BCUT2D eigenvalue weighted by Gasteiger charge is -2.35. The van der Waals surface area contributed by atoms with Gasteiger partial charge in [-0.3, -0.25) is 4.90 Å². The molecule has 0 bridgehead atoms. The predicted molar refractivity (Wildman–Crippen MR) is 59.8 cm³/mol. The summed E-state index contributed by atoms with van der Waals surface area (Å²) in [4.78, 5) is 17.8. The van der Waals surface area contributed by atoms with Gasteiger partial charge in [-0.25, -0.2) is 4.79 Å². The van der Waals surface area contributed by atoms with Gasteiger partial charge in [-0.1, -0.05) is 0 Å². The van der Waals surface area contributed by atoms with E-state index in [1.54, 1.807) is 4.90 Å². The number of rotatable bonds is 2. The molecule has 0 aromatic rings. The Hall–Kier alpha value is -0.770. The van der Waals surface area contributed by atoms with Crippen LogP contribution in [0.15, 0.2) is 0 Å². The van der Waals surface area contributed by atoms with Gasteiger partial charge >= 0.3 is 6.03 Å². The van der Waals surface area contributed by atoms with Crippen LogP contribution in [0.4, 0.5) is 4.79 Å². The number of urea groups is 1. The van der Waals surface area contributed by atoms with Crippen molar-refractivity contribution in [3.05, 3.63) is 0 Å². The molecule has 86 valence electrons. The molecular weight excluding hydrogens is 190 g/mol. The van der Waals surface area contributed by atoms with E-state index in [9.17, 15) is 4.79 Å². The van der Waals surface area contributed by atoms with Crippen molar-refractivity contribution in [3.8, 4) is 0 Å². The number of nitrogens with zero attached hydrogens (tertiary/aromatic N) is 3. The summed E-state index contributed by atoms with van der Waals surface area (Å²) >= 11 is 0. The first-order valence-corrected chi connectivity index (χ1v) is 5.85. The fraction of sp³-hybridized carbons (Fsp3) is 0.909. The second-order valence-corrected chi connectivity index (χ2v) is 4.91. The van der Waals surface area contributed by atoms with Crippen molar-refractivity contribution in [2.24, 2.45) is 5.92 Å². The number of piperazine rings is 1. The number of hydrogen-bond donors (Lipinski definition) is 0. The predicted octanol–water partition coefficient (Wildman–Crippen LogP) is 0.696. The molecule has 2 amide bonds. The zero-order chi connectivity index (χ0) is 10.8. The summed E-state index contributed by atoms with van der Waals surface area (Å²) in [7, 11) is 3.64. The highest BCUT2D eigenvalue weighted by Gasteiger charge is 2.27. The lowest BCUT2D eigenvalue weighted by atomic mass is 10.3. The zero-order valence-corrected chi connectivity index (χ0v) is 9.78. The van der Waals surface area contributed by atoms with Crippen molar-refractivity contribution < 1.29 is 4.79 Å². The van der Waals surface area contributed by atoms with Crippen molar-refractivity contribution in [1.29, 1.82) is 0 Å². The highest BCUT2D eigenvalue weighted by Crippen LogP contribution is 2.29. The fourth-order valence-electron chi connectivity index (χ4n) is 2.07. The van der Waals surface area contributed by atoms with Crippen LogP contribution < -0.4 is 0 Å². The van der Waals surface area contributed by atoms with E-state index in [2.05, 4.69) is 4.90 Å². The van der Waals surface area contributed by atoms with Crippen molar-refractivity contribution in [3.63, 3.8) is 0 Å². The summed E-state index contributed by atoms with van der Waals surface area (Å²) in [6.07, 6.45) is 2.83. The van der Waals surface area contributed by atoms with Crippen LogP contribution in [0.1, 0.15) is 12.8 Å². The molecule has 1 heterocycles. The summed E-state index contributed by atoms with van der Waals surface area (Å²) in [5.74, 6) is 0.959. The van der Waals surface area contributed by atoms with Crippen LogP contribution >= 0.6 is 0 Å². The lowest BCUT2D eigenvalue weighted by Crippen LogP contribution is -2.51. The molecule has 0 N–H and O–H groups in total. The second-order valence-electron chi connectivity index (χ2n) is 4.91. The van der Waals surface area contributed by atoms with Crippen LogP contribution in [0, 0.1) is 5.92 Å². The van der Waals surface area contributed by atoms with E-state index in [0.29, 0.717) is 0 Å². The molecule has 0 unspecified atom stereocenters. The van der Waals surface area contributed by atoms with Crippen LogP contribution in [0.3, 0.4) is 0 Å². The molecule has 2 fully saturated rings. The van der Waals surface area contributed by atoms with Crippen LogP contribution in [0.25, 0.3) is 0 Å². The monoisotopic (exact) mass is 211 g/mol. The molecule has 2 aliphatic rings. The van der Waals surface area contributed by atoms with E-state index in [1.807, 2.05) is 19.0 Å². The quantitative estimate of drug-likeness (QED) is 0.672. The topological polar surface area (TPSA) is 26.8 Å². The van der Waals surface area contributed by atoms with E-state index in [-0.39, 0.29) is 6.03 Å². The van der Waals surface area contributed by atoms with Crippen molar-refractivity contribution >= 4 is 6.03 Å². The van der Waals surface area contributed by atoms with Crippen molar-refractivity contribution in [1.82, 2.24) is 14.7 Å². The van der Waals surface area contributed by atoms with Crippen LogP contribution in [-0.2, 0) is 0 Å². The van der Waals surface area contributed by atoms with Gasteiger partial charge < -0.3 is 9.80 Å². The van der Waals surface area contributed by atoms with Gasteiger partial charge in [0.25, 0.3) is 0 Å². The molecule has 15 heavy (non-hydrogen) atoms. The van der Waals surface area contributed by atoms with Gasteiger partial charge in [0.15, 0.2) is 0 Å². The molecule has 4 heteroatoms. The Morgan fingerprint density at radius 2 is 1.80 bits per heavy atom. The summed E-state index contributed by atoms with van der Waals surface area (Å²) in [5, 5.41) is 0. The Bertz CT molecular complexity index is 230. The molecule has 1 aliphatic carbocycles. The SMILES string of the molecule is CN(C)C(=O)N1CCN(CC2CC2)CC1. The van der Waals surface area contributed by atoms with E-state index < -0.39 is 0 Å². The molecule has 4 nitrogen and oxygen atoms in total. The van der Waals surface area contributed by atoms with Gasteiger partial charge in [0.05, 0.1) is 0 Å². The molecule has 0 aromatic carbocycles. The standard InChI is InChI=1S/C11H21N3O/c1-12(2)11(15)14-7-5-13(6-8-14)9-10-3-4-10/h10H,3-9H2,1-2H3. The van der Waals surface area contributed by atoms with Gasteiger partial charge in [0, 0.05) is 46.8 Å². The van der Waals surface area contributed by atoms with Gasteiger partial charge in [-0.15, -0.1) is 0 Å². The van der Waals surface area contributed by atoms with Crippen molar-refractivity contribution in [2.75, 3.05) is 46.8 Å². The highest BCUT2D eigenvalue weighted by molar-refractivity contribution is 5.73. The molecule has 0 radical (unpaired) electrons. The van der Waals surface area contributed by atoms with Crippen molar-refractivity contribution in [2.45, 2.75) is 12.8 Å². The Morgan fingerprint density at radius 3 is 2.27 bits per heavy atom. The molecule has 1 saturated carbocycles. The third kappa shape index (κ3) is 2.84. The minimum atomic E-state index is 0.154. The third-order valence-electron chi connectivity index (χ3n) is 3.24. The first-order valence-electron chi connectivity index (χ1n) is 5.85. The maximum atomic E-state index is 11.7. The molecule has 1 saturated heterocycles. The minimum absolute atomic E-state index is 0.154. The van der Waals surface area contributed by atoms with Gasteiger partial charge in [0.1, 0.15) is 0 Å². The Kier molecular flexibility index (Phi) is 3.14. The van der Waals surface area contributed by atoms with E-state index in [0.717, 1.165) is 32.1 Å². The minimum Gasteiger partial charge on any atom is -0.331 e. The average Bonchev–Trinajstić information content (AvgIpc) is 3.02.